The number of pyridine rings is 1. The van der Waals surface area contributed by atoms with Crippen molar-refractivity contribution in [1.29, 1.82) is 0 Å². The molecule has 1 amide bonds. The van der Waals surface area contributed by atoms with Crippen molar-refractivity contribution >= 4 is 40.1 Å². The van der Waals surface area contributed by atoms with E-state index in [-0.39, 0.29) is 12.8 Å². The number of hydrogen-bond acceptors (Lipinski definition) is 4. The van der Waals surface area contributed by atoms with Crippen LogP contribution in [0.2, 0.25) is 5.02 Å². The second-order valence-electron chi connectivity index (χ2n) is 4.09. The van der Waals surface area contributed by atoms with Gasteiger partial charge in [0.2, 0.25) is 5.91 Å². The number of halogens is 1. The van der Waals surface area contributed by atoms with Gasteiger partial charge >= 0.3 is 5.97 Å². The fourth-order valence-electron chi connectivity index (χ4n) is 1.65. The summed E-state index contributed by atoms with van der Waals surface area (Å²) in [6, 6.07) is 6.93. The lowest BCUT2D eigenvalue weighted by Gasteiger charge is -2.10. The van der Waals surface area contributed by atoms with Gasteiger partial charge in [0.25, 0.3) is 0 Å². The van der Waals surface area contributed by atoms with E-state index in [1.807, 2.05) is 0 Å². The molecule has 0 aliphatic carbocycles. The number of carboxylic acid groups (broad SMARTS) is 1. The number of amides is 1. The summed E-state index contributed by atoms with van der Waals surface area (Å²) in [6.45, 7) is 0. The molecule has 7 heteroatoms. The molecule has 0 aliphatic rings. The number of carbonyl (C=O) groups is 2. The molecule has 0 fully saturated rings. The zero-order chi connectivity index (χ0) is 14.5. The Morgan fingerprint density at radius 2 is 2.05 bits per heavy atom. The van der Waals surface area contributed by atoms with Gasteiger partial charge in [-0.2, -0.15) is 0 Å². The SMILES string of the molecule is O=C(O)CCC(=O)NNc1ccnc2cc(Cl)ccc12. The number of benzene rings is 1. The van der Waals surface area contributed by atoms with Gasteiger partial charge in [-0.05, 0) is 24.3 Å². The lowest BCUT2D eigenvalue weighted by atomic mass is 10.2. The van der Waals surface area contributed by atoms with E-state index in [2.05, 4.69) is 15.8 Å². The molecule has 6 nitrogen and oxygen atoms in total. The molecular weight excluding hydrogens is 282 g/mol. The first kappa shape index (κ1) is 14.1. The van der Waals surface area contributed by atoms with Crippen LogP contribution in [0.3, 0.4) is 0 Å². The first-order valence-electron chi connectivity index (χ1n) is 5.87. The van der Waals surface area contributed by atoms with Gasteiger partial charge in [0.15, 0.2) is 0 Å². The maximum absolute atomic E-state index is 11.4. The minimum Gasteiger partial charge on any atom is -0.481 e. The zero-order valence-electron chi connectivity index (χ0n) is 10.4. The minimum absolute atomic E-state index is 0.0861. The number of nitrogens with one attached hydrogen (secondary N) is 2. The lowest BCUT2D eigenvalue weighted by molar-refractivity contribution is -0.138. The van der Waals surface area contributed by atoms with Crippen molar-refractivity contribution in [3.8, 4) is 0 Å². The number of hydrogen-bond donors (Lipinski definition) is 3. The molecule has 2 aromatic rings. The molecular formula is C13H12ClN3O3. The van der Waals surface area contributed by atoms with Gasteiger partial charge in [0, 0.05) is 23.0 Å². The first-order valence-corrected chi connectivity index (χ1v) is 6.25. The molecule has 1 heterocycles. The highest BCUT2D eigenvalue weighted by Gasteiger charge is 2.06. The van der Waals surface area contributed by atoms with Crippen molar-refractivity contribution in [1.82, 2.24) is 10.4 Å². The van der Waals surface area contributed by atoms with Crippen molar-refractivity contribution in [2.75, 3.05) is 5.43 Å². The Morgan fingerprint density at radius 1 is 1.25 bits per heavy atom. The third-order valence-electron chi connectivity index (χ3n) is 2.61. The van der Waals surface area contributed by atoms with Gasteiger partial charge in [-0.1, -0.05) is 11.6 Å². The quantitative estimate of drug-likeness (QED) is 0.735. The van der Waals surface area contributed by atoms with Gasteiger partial charge in [0.1, 0.15) is 0 Å². The Balaban J connectivity index is 2.06. The molecule has 3 N–H and O–H groups in total. The van der Waals surface area contributed by atoms with Crippen LogP contribution in [-0.2, 0) is 9.59 Å². The molecule has 0 aliphatic heterocycles. The van der Waals surface area contributed by atoms with Crippen LogP contribution in [0.15, 0.2) is 30.5 Å². The summed E-state index contributed by atoms with van der Waals surface area (Å²) in [5.74, 6) is -1.41. The summed E-state index contributed by atoms with van der Waals surface area (Å²) >= 11 is 5.88. The van der Waals surface area contributed by atoms with E-state index in [0.29, 0.717) is 16.2 Å². The van der Waals surface area contributed by atoms with Crippen LogP contribution in [0.5, 0.6) is 0 Å². The van der Waals surface area contributed by atoms with Gasteiger partial charge in [-0.3, -0.25) is 25.4 Å². The number of hydrazine groups is 1. The fraction of sp³-hybridized carbons (Fsp3) is 0.154. The van der Waals surface area contributed by atoms with E-state index in [1.165, 1.54) is 0 Å². The third-order valence-corrected chi connectivity index (χ3v) is 2.84. The number of nitrogens with zero attached hydrogens (tertiary/aromatic N) is 1. The van der Waals surface area contributed by atoms with Crippen LogP contribution >= 0.6 is 11.6 Å². The highest BCUT2D eigenvalue weighted by molar-refractivity contribution is 6.31. The first-order chi connectivity index (χ1) is 9.56. The van der Waals surface area contributed by atoms with Crippen LogP contribution in [0.4, 0.5) is 5.69 Å². The molecule has 2 rings (SSSR count). The summed E-state index contributed by atoms with van der Waals surface area (Å²) in [7, 11) is 0. The Morgan fingerprint density at radius 3 is 2.80 bits per heavy atom. The van der Waals surface area contributed by atoms with Crippen molar-refractivity contribution in [3.05, 3.63) is 35.5 Å². The standard InChI is InChI=1S/C13H12ClN3O3/c14-8-1-2-9-10(5-6-15-11(9)7-8)16-17-12(18)3-4-13(19)20/h1-2,5-7H,3-4H2,(H,15,16)(H,17,18)(H,19,20). The molecule has 0 bridgehead atoms. The van der Waals surface area contributed by atoms with Crippen LogP contribution in [0.1, 0.15) is 12.8 Å². The summed E-state index contributed by atoms with van der Waals surface area (Å²) in [5.41, 5.74) is 6.56. The fourth-order valence-corrected chi connectivity index (χ4v) is 1.82. The highest BCUT2D eigenvalue weighted by Crippen LogP contribution is 2.23. The van der Waals surface area contributed by atoms with Gasteiger partial charge < -0.3 is 5.11 Å². The van der Waals surface area contributed by atoms with E-state index >= 15 is 0 Å². The molecule has 0 spiro atoms. The minimum atomic E-state index is -1.01. The van der Waals surface area contributed by atoms with Crippen LogP contribution in [0.25, 0.3) is 10.9 Å². The number of aromatic nitrogens is 1. The van der Waals surface area contributed by atoms with Gasteiger partial charge in [-0.25, -0.2) is 0 Å². The van der Waals surface area contributed by atoms with Crippen molar-refractivity contribution in [3.63, 3.8) is 0 Å². The Labute approximate surface area is 119 Å². The second-order valence-corrected chi connectivity index (χ2v) is 4.52. The second kappa shape index (κ2) is 6.21. The molecule has 0 unspecified atom stereocenters. The Hall–Kier alpha value is -2.34. The number of anilines is 1. The number of rotatable bonds is 5. The summed E-state index contributed by atoms with van der Waals surface area (Å²) in [6.07, 6.45) is 1.29. The van der Waals surface area contributed by atoms with E-state index < -0.39 is 11.9 Å². The highest BCUT2D eigenvalue weighted by atomic mass is 35.5. The van der Waals surface area contributed by atoms with E-state index in [0.717, 1.165) is 5.39 Å². The Kier molecular flexibility index (Phi) is 4.37. The molecule has 0 saturated heterocycles. The molecule has 1 aromatic heterocycles. The van der Waals surface area contributed by atoms with Crippen molar-refractivity contribution < 1.29 is 14.7 Å². The maximum atomic E-state index is 11.4. The van der Waals surface area contributed by atoms with Crippen LogP contribution in [0, 0.1) is 0 Å². The number of carboxylic acids is 1. The molecule has 20 heavy (non-hydrogen) atoms. The summed E-state index contributed by atoms with van der Waals surface area (Å²) in [5, 5.41) is 9.87. The van der Waals surface area contributed by atoms with Gasteiger partial charge in [-0.15, -0.1) is 0 Å². The topological polar surface area (TPSA) is 91.3 Å². The zero-order valence-corrected chi connectivity index (χ0v) is 11.1. The smallest absolute Gasteiger partial charge is 0.303 e. The lowest BCUT2D eigenvalue weighted by Crippen LogP contribution is -2.29. The molecule has 0 atom stereocenters. The van der Waals surface area contributed by atoms with E-state index in [4.69, 9.17) is 16.7 Å². The average molecular weight is 294 g/mol. The monoisotopic (exact) mass is 293 g/mol. The maximum Gasteiger partial charge on any atom is 0.303 e. The summed E-state index contributed by atoms with van der Waals surface area (Å²) in [4.78, 5) is 26.0. The number of carbonyl (C=O) groups excluding carboxylic acids is 1. The number of aliphatic carboxylic acids is 1. The van der Waals surface area contributed by atoms with Crippen LogP contribution in [-0.4, -0.2) is 22.0 Å². The van der Waals surface area contributed by atoms with E-state index in [9.17, 15) is 9.59 Å². The average Bonchev–Trinajstić information content (AvgIpc) is 2.42. The molecule has 1 aromatic carbocycles. The molecule has 0 radical (unpaired) electrons. The Bertz CT molecular complexity index is 660. The third kappa shape index (κ3) is 3.58. The number of fused-ring (bicyclic) bond motifs is 1. The molecule has 0 saturated carbocycles. The predicted octanol–water partition coefficient (Wildman–Crippen LogP) is 2.20. The van der Waals surface area contributed by atoms with Crippen molar-refractivity contribution in [2.45, 2.75) is 12.8 Å². The van der Waals surface area contributed by atoms with E-state index in [1.54, 1.807) is 30.5 Å². The van der Waals surface area contributed by atoms with Crippen LogP contribution < -0.4 is 10.9 Å². The largest absolute Gasteiger partial charge is 0.481 e. The normalized spacial score (nSPS) is 10.2. The van der Waals surface area contributed by atoms with Crippen molar-refractivity contribution in [2.24, 2.45) is 0 Å². The summed E-state index contributed by atoms with van der Waals surface area (Å²) < 4.78 is 0. The molecule has 104 valence electrons. The van der Waals surface area contributed by atoms with Gasteiger partial charge in [0.05, 0.1) is 17.6 Å². The predicted molar refractivity (Wildman–Crippen MR) is 75.4 cm³/mol.